The highest BCUT2D eigenvalue weighted by Gasteiger charge is 2.25. The summed E-state index contributed by atoms with van der Waals surface area (Å²) in [4.78, 5) is 4.28. The van der Waals surface area contributed by atoms with Crippen molar-refractivity contribution in [3.05, 3.63) is 24.2 Å². The average Bonchev–Trinajstić information content (AvgIpc) is 2.94. The molecule has 1 aromatic heterocycles. The Bertz CT molecular complexity index is 573. The van der Waals surface area contributed by atoms with Gasteiger partial charge in [-0.05, 0) is 26.0 Å². The molecule has 0 aliphatic rings. The highest BCUT2D eigenvalue weighted by molar-refractivity contribution is 14.0. The Hall–Kier alpha value is -0.850. The van der Waals surface area contributed by atoms with Gasteiger partial charge in [-0.3, -0.25) is 0 Å². The first-order valence-corrected chi connectivity index (χ1v) is 8.87. The Morgan fingerprint density at radius 3 is 2.61 bits per heavy atom. The minimum atomic E-state index is -3.20. The molecule has 0 radical (unpaired) electrons. The van der Waals surface area contributed by atoms with Crippen molar-refractivity contribution >= 4 is 40.0 Å². The SMILES string of the molecule is CCNC(=NCC(C)(O)c1ccco1)NCCNS(C)(=O)=O.I. The van der Waals surface area contributed by atoms with Gasteiger partial charge in [0, 0.05) is 19.6 Å². The zero-order chi connectivity index (χ0) is 16.6. The van der Waals surface area contributed by atoms with E-state index in [9.17, 15) is 13.5 Å². The van der Waals surface area contributed by atoms with Crippen LogP contribution in [0.15, 0.2) is 27.8 Å². The number of furan rings is 1. The van der Waals surface area contributed by atoms with E-state index >= 15 is 0 Å². The molecule has 0 aromatic carbocycles. The molecule has 1 unspecified atom stereocenters. The van der Waals surface area contributed by atoms with Crippen molar-refractivity contribution in [3.63, 3.8) is 0 Å². The van der Waals surface area contributed by atoms with Crippen LogP contribution in [0.4, 0.5) is 0 Å². The van der Waals surface area contributed by atoms with Crippen LogP contribution in [0.3, 0.4) is 0 Å². The molecule has 1 heterocycles. The highest BCUT2D eigenvalue weighted by Crippen LogP contribution is 2.20. The zero-order valence-corrected chi connectivity index (χ0v) is 16.6. The van der Waals surface area contributed by atoms with Gasteiger partial charge in [0.05, 0.1) is 19.1 Å². The summed E-state index contributed by atoms with van der Waals surface area (Å²) in [6, 6.07) is 3.39. The smallest absolute Gasteiger partial charge is 0.208 e. The van der Waals surface area contributed by atoms with Gasteiger partial charge in [-0.2, -0.15) is 0 Å². The molecule has 0 fully saturated rings. The maximum atomic E-state index is 11.0. The van der Waals surface area contributed by atoms with Gasteiger partial charge >= 0.3 is 0 Å². The van der Waals surface area contributed by atoms with Gasteiger partial charge < -0.3 is 20.2 Å². The fourth-order valence-electron chi connectivity index (χ4n) is 1.66. The number of rotatable bonds is 8. The summed E-state index contributed by atoms with van der Waals surface area (Å²) >= 11 is 0. The standard InChI is InChI=1S/C13H24N4O4S.HI/c1-4-14-12(15-7-8-17-22(3,19)20)16-10-13(2,18)11-6-5-9-21-11;/h5-6,9,17-18H,4,7-8,10H2,1-3H3,(H2,14,15,16);1H. The van der Waals surface area contributed by atoms with E-state index in [0.29, 0.717) is 24.8 Å². The fourth-order valence-corrected chi connectivity index (χ4v) is 2.13. The second-order valence-electron chi connectivity index (χ2n) is 5.04. The monoisotopic (exact) mass is 460 g/mol. The maximum absolute atomic E-state index is 11.0. The Morgan fingerprint density at radius 2 is 2.09 bits per heavy atom. The van der Waals surface area contributed by atoms with E-state index in [1.54, 1.807) is 19.1 Å². The molecule has 23 heavy (non-hydrogen) atoms. The molecule has 1 rings (SSSR count). The number of nitrogens with one attached hydrogen (secondary N) is 3. The molecule has 10 heteroatoms. The molecule has 134 valence electrons. The van der Waals surface area contributed by atoms with E-state index in [-0.39, 0.29) is 37.1 Å². The molecule has 0 saturated carbocycles. The van der Waals surface area contributed by atoms with Crippen LogP contribution >= 0.6 is 24.0 Å². The van der Waals surface area contributed by atoms with Gasteiger partial charge in [0.15, 0.2) is 5.96 Å². The molecular formula is C13H25IN4O4S. The number of hydrogen-bond acceptors (Lipinski definition) is 5. The predicted molar refractivity (Wildman–Crippen MR) is 101 cm³/mol. The van der Waals surface area contributed by atoms with Crippen molar-refractivity contribution in [1.82, 2.24) is 15.4 Å². The first kappa shape index (κ1) is 22.1. The van der Waals surface area contributed by atoms with Gasteiger partial charge in [0.1, 0.15) is 11.4 Å². The lowest BCUT2D eigenvalue weighted by Crippen LogP contribution is -2.42. The first-order chi connectivity index (χ1) is 10.2. The van der Waals surface area contributed by atoms with Crippen LogP contribution in [-0.4, -0.2) is 51.9 Å². The summed E-state index contributed by atoms with van der Waals surface area (Å²) in [7, 11) is -3.20. The van der Waals surface area contributed by atoms with E-state index in [1.807, 2.05) is 6.92 Å². The van der Waals surface area contributed by atoms with Crippen molar-refractivity contribution in [2.24, 2.45) is 4.99 Å². The summed E-state index contributed by atoms with van der Waals surface area (Å²) in [5.41, 5.74) is -1.21. The van der Waals surface area contributed by atoms with Crippen molar-refractivity contribution in [3.8, 4) is 0 Å². The van der Waals surface area contributed by atoms with Crippen molar-refractivity contribution in [2.75, 3.05) is 32.4 Å². The molecule has 1 atom stereocenters. The van der Waals surface area contributed by atoms with Crippen LogP contribution in [0.25, 0.3) is 0 Å². The molecule has 1 aromatic rings. The van der Waals surface area contributed by atoms with E-state index in [4.69, 9.17) is 4.42 Å². The van der Waals surface area contributed by atoms with Crippen molar-refractivity contribution < 1.29 is 17.9 Å². The Labute approximate surface area is 154 Å². The number of halogens is 1. The van der Waals surface area contributed by atoms with Crippen LogP contribution in [0.1, 0.15) is 19.6 Å². The lowest BCUT2D eigenvalue weighted by atomic mass is 10.0. The van der Waals surface area contributed by atoms with Crippen LogP contribution in [-0.2, 0) is 15.6 Å². The quantitative estimate of drug-likeness (QED) is 0.191. The summed E-state index contributed by atoms with van der Waals surface area (Å²) in [6.07, 6.45) is 2.60. The van der Waals surface area contributed by atoms with E-state index in [1.165, 1.54) is 6.26 Å². The fraction of sp³-hybridized carbons (Fsp3) is 0.615. The number of sulfonamides is 1. The van der Waals surface area contributed by atoms with Crippen LogP contribution in [0.5, 0.6) is 0 Å². The largest absolute Gasteiger partial charge is 0.466 e. The molecule has 0 bridgehead atoms. The molecule has 0 saturated heterocycles. The van der Waals surface area contributed by atoms with Crippen molar-refractivity contribution in [1.29, 1.82) is 0 Å². The number of aliphatic imine (C=N–C) groups is 1. The van der Waals surface area contributed by atoms with Crippen molar-refractivity contribution in [2.45, 2.75) is 19.4 Å². The summed E-state index contributed by atoms with van der Waals surface area (Å²) in [6.45, 7) is 4.91. The summed E-state index contributed by atoms with van der Waals surface area (Å²) < 4.78 is 29.5. The van der Waals surface area contributed by atoms with Gasteiger partial charge in [-0.1, -0.05) is 0 Å². The molecule has 8 nitrogen and oxygen atoms in total. The Balaban J connectivity index is 0.00000484. The zero-order valence-electron chi connectivity index (χ0n) is 13.5. The molecule has 0 aliphatic heterocycles. The maximum Gasteiger partial charge on any atom is 0.208 e. The third-order valence-corrected chi connectivity index (χ3v) is 3.45. The highest BCUT2D eigenvalue weighted by atomic mass is 127. The number of nitrogens with zero attached hydrogens (tertiary/aromatic N) is 1. The molecule has 0 spiro atoms. The molecule has 0 aliphatic carbocycles. The minimum absolute atomic E-state index is 0. The van der Waals surface area contributed by atoms with E-state index in [2.05, 4.69) is 20.3 Å². The minimum Gasteiger partial charge on any atom is -0.466 e. The van der Waals surface area contributed by atoms with Gasteiger partial charge in [0.2, 0.25) is 10.0 Å². The molecule has 0 amide bonds. The lowest BCUT2D eigenvalue weighted by molar-refractivity contribution is 0.0437. The second-order valence-corrected chi connectivity index (χ2v) is 6.87. The van der Waals surface area contributed by atoms with Crippen LogP contribution < -0.4 is 15.4 Å². The third kappa shape index (κ3) is 9.13. The van der Waals surface area contributed by atoms with Gasteiger partial charge in [0.25, 0.3) is 0 Å². The number of guanidine groups is 1. The summed E-state index contributed by atoms with van der Waals surface area (Å²) in [5, 5.41) is 16.3. The van der Waals surface area contributed by atoms with Crippen LogP contribution in [0, 0.1) is 0 Å². The average molecular weight is 460 g/mol. The van der Waals surface area contributed by atoms with Gasteiger partial charge in [-0.25, -0.2) is 18.1 Å². The third-order valence-electron chi connectivity index (χ3n) is 2.72. The normalized spacial score (nSPS) is 14.7. The van der Waals surface area contributed by atoms with Gasteiger partial charge in [-0.15, -0.1) is 24.0 Å². The van der Waals surface area contributed by atoms with E-state index < -0.39 is 15.6 Å². The Kier molecular flexibility index (Phi) is 9.73. The van der Waals surface area contributed by atoms with Crippen LogP contribution in [0.2, 0.25) is 0 Å². The lowest BCUT2D eigenvalue weighted by Gasteiger charge is -2.19. The number of aliphatic hydroxyl groups is 1. The first-order valence-electron chi connectivity index (χ1n) is 6.98. The Morgan fingerprint density at radius 1 is 1.39 bits per heavy atom. The second kappa shape index (κ2) is 10.1. The predicted octanol–water partition coefficient (Wildman–Crippen LogP) is 0.209. The molecule has 4 N–H and O–H groups in total. The summed E-state index contributed by atoms with van der Waals surface area (Å²) in [5.74, 6) is 0.926. The topological polar surface area (TPSA) is 116 Å². The number of hydrogen-bond donors (Lipinski definition) is 4. The molecular weight excluding hydrogens is 435 g/mol. The van der Waals surface area contributed by atoms with E-state index in [0.717, 1.165) is 6.26 Å².